The van der Waals surface area contributed by atoms with E-state index in [0.717, 1.165) is 22.4 Å². The van der Waals surface area contributed by atoms with Gasteiger partial charge in [-0.15, -0.1) is 0 Å². The average Bonchev–Trinajstić information content (AvgIpc) is 2.42. The summed E-state index contributed by atoms with van der Waals surface area (Å²) in [5.74, 6) is 5.18. The number of aryl methyl sites for hydroxylation is 3. The molecule has 0 saturated carbocycles. The van der Waals surface area contributed by atoms with Crippen molar-refractivity contribution in [2.45, 2.75) is 20.8 Å². The molecule has 0 saturated heterocycles. The van der Waals surface area contributed by atoms with Crippen molar-refractivity contribution in [2.75, 3.05) is 5.32 Å². The number of carbonyl (C=O) groups excluding carboxylic acids is 1. The van der Waals surface area contributed by atoms with Crippen LogP contribution in [0.25, 0.3) is 0 Å². The second kappa shape index (κ2) is 6.08. The highest BCUT2D eigenvalue weighted by atomic mass is 16.1. The molecule has 0 aliphatic carbocycles. The lowest BCUT2D eigenvalue weighted by Crippen LogP contribution is -2.11. The maximum absolute atomic E-state index is 11.9. The van der Waals surface area contributed by atoms with Gasteiger partial charge in [0.15, 0.2) is 0 Å². The van der Waals surface area contributed by atoms with Crippen molar-refractivity contribution in [3.8, 4) is 11.8 Å². The van der Waals surface area contributed by atoms with E-state index < -0.39 is 0 Å². The number of hydrogen-bond acceptors (Lipinski definition) is 1. The minimum atomic E-state index is -0.288. The fourth-order valence-electron chi connectivity index (χ4n) is 2.17. The highest BCUT2D eigenvalue weighted by molar-refractivity contribution is 6.05. The summed E-state index contributed by atoms with van der Waals surface area (Å²) in [5, 5.41) is 2.86. The topological polar surface area (TPSA) is 29.1 Å². The Labute approximate surface area is 119 Å². The summed E-state index contributed by atoms with van der Waals surface area (Å²) in [5.41, 5.74) is 4.98. The van der Waals surface area contributed by atoms with Gasteiger partial charge in [0.1, 0.15) is 0 Å². The van der Waals surface area contributed by atoms with Crippen LogP contribution < -0.4 is 5.32 Å². The predicted octanol–water partition coefficient (Wildman–Crippen LogP) is 3.60. The minimum Gasteiger partial charge on any atom is -0.315 e. The molecule has 20 heavy (non-hydrogen) atoms. The highest BCUT2D eigenvalue weighted by Gasteiger charge is 2.06. The van der Waals surface area contributed by atoms with Gasteiger partial charge >= 0.3 is 5.91 Å². The predicted molar refractivity (Wildman–Crippen MR) is 82.6 cm³/mol. The van der Waals surface area contributed by atoms with Gasteiger partial charge in [0.2, 0.25) is 0 Å². The first-order valence-corrected chi connectivity index (χ1v) is 6.52. The van der Waals surface area contributed by atoms with Gasteiger partial charge in [-0.3, -0.25) is 4.79 Å². The molecule has 1 N–H and O–H groups in total. The van der Waals surface area contributed by atoms with E-state index >= 15 is 0 Å². The van der Waals surface area contributed by atoms with Gasteiger partial charge in [0, 0.05) is 17.2 Å². The molecule has 0 heterocycles. The van der Waals surface area contributed by atoms with Gasteiger partial charge in [0.05, 0.1) is 0 Å². The van der Waals surface area contributed by atoms with E-state index in [9.17, 15) is 4.79 Å². The smallest absolute Gasteiger partial charge is 0.300 e. The molecule has 2 nitrogen and oxygen atoms in total. The molecule has 2 aromatic carbocycles. The van der Waals surface area contributed by atoms with Crippen molar-refractivity contribution in [2.24, 2.45) is 0 Å². The van der Waals surface area contributed by atoms with Gasteiger partial charge in [-0.05, 0) is 44.0 Å². The molecule has 0 radical (unpaired) electrons. The zero-order valence-electron chi connectivity index (χ0n) is 11.9. The molecule has 0 aromatic heterocycles. The van der Waals surface area contributed by atoms with Crippen LogP contribution in [0.1, 0.15) is 22.3 Å². The van der Waals surface area contributed by atoms with Crippen LogP contribution in [0.2, 0.25) is 0 Å². The van der Waals surface area contributed by atoms with Crippen molar-refractivity contribution in [1.82, 2.24) is 0 Å². The minimum absolute atomic E-state index is 0.288. The van der Waals surface area contributed by atoms with Gasteiger partial charge in [-0.2, -0.15) is 0 Å². The van der Waals surface area contributed by atoms with E-state index in [-0.39, 0.29) is 5.91 Å². The summed E-state index contributed by atoms with van der Waals surface area (Å²) in [6.07, 6.45) is 0. The van der Waals surface area contributed by atoms with E-state index in [0.29, 0.717) is 0 Å². The van der Waals surface area contributed by atoms with E-state index in [4.69, 9.17) is 0 Å². The van der Waals surface area contributed by atoms with E-state index in [1.807, 2.05) is 63.2 Å². The van der Waals surface area contributed by atoms with Crippen LogP contribution in [0.15, 0.2) is 42.5 Å². The van der Waals surface area contributed by atoms with Gasteiger partial charge < -0.3 is 5.32 Å². The van der Waals surface area contributed by atoms with Crippen molar-refractivity contribution >= 4 is 11.6 Å². The fourth-order valence-corrected chi connectivity index (χ4v) is 2.17. The molecule has 2 rings (SSSR count). The molecular formula is C18H17NO. The number of hydrogen-bond donors (Lipinski definition) is 1. The number of nitrogens with one attached hydrogen (secondary N) is 1. The Morgan fingerprint density at radius 1 is 1.00 bits per heavy atom. The van der Waals surface area contributed by atoms with Crippen molar-refractivity contribution in [1.29, 1.82) is 0 Å². The largest absolute Gasteiger partial charge is 0.315 e. The molecule has 2 heteroatoms. The van der Waals surface area contributed by atoms with Crippen molar-refractivity contribution < 1.29 is 4.79 Å². The van der Waals surface area contributed by atoms with Crippen LogP contribution in [0, 0.1) is 32.6 Å². The second-order valence-electron chi connectivity index (χ2n) is 4.84. The summed E-state index contributed by atoms with van der Waals surface area (Å²) >= 11 is 0. The third kappa shape index (κ3) is 3.49. The van der Waals surface area contributed by atoms with E-state index in [1.165, 1.54) is 5.56 Å². The number of rotatable bonds is 1. The second-order valence-corrected chi connectivity index (χ2v) is 4.84. The number of anilines is 1. The molecule has 0 atom stereocenters. The molecule has 0 bridgehead atoms. The first-order chi connectivity index (χ1) is 9.56. The monoisotopic (exact) mass is 263 g/mol. The molecule has 1 amide bonds. The first kappa shape index (κ1) is 13.9. The number of carbonyl (C=O) groups is 1. The Kier molecular flexibility index (Phi) is 4.22. The van der Waals surface area contributed by atoms with Gasteiger partial charge in [-0.25, -0.2) is 0 Å². The molecule has 0 unspecified atom stereocenters. The average molecular weight is 263 g/mol. The summed E-state index contributed by atoms with van der Waals surface area (Å²) in [4.78, 5) is 11.9. The quantitative estimate of drug-likeness (QED) is 0.782. The Balaban J connectivity index is 2.16. The standard InChI is InChI=1S/C18H17NO/c1-13-11-14(2)18(15(3)12-13)19-17(20)10-9-16-7-5-4-6-8-16/h4-8,11-12H,1-3H3,(H,19,20). The van der Waals surface area contributed by atoms with Crippen LogP contribution in [0.5, 0.6) is 0 Å². The molecule has 2 aromatic rings. The lowest BCUT2D eigenvalue weighted by molar-refractivity contribution is -0.111. The molecule has 100 valence electrons. The normalized spacial score (nSPS) is 9.55. The Hall–Kier alpha value is -2.53. The molecule has 0 fully saturated rings. The van der Waals surface area contributed by atoms with Crippen molar-refractivity contribution in [3.05, 3.63) is 64.7 Å². The summed E-state index contributed by atoms with van der Waals surface area (Å²) in [6, 6.07) is 13.6. The summed E-state index contributed by atoms with van der Waals surface area (Å²) < 4.78 is 0. The maximum atomic E-state index is 11.9. The summed E-state index contributed by atoms with van der Waals surface area (Å²) in [6.45, 7) is 6.02. The van der Waals surface area contributed by atoms with Crippen LogP contribution in [-0.2, 0) is 4.79 Å². The molecular weight excluding hydrogens is 246 g/mol. The molecule has 0 aliphatic heterocycles. The number of amides is 1. The Morgan fingerprint density at radius 3 is 2.20 bits per heavy atom. The Morgan fingerprint density at radius 2 is 1.60 bits per heavy atom. The third-order valence-corrected chi connectivity index (χ3v) is 3.01. The van der Waals surface area contributed by atoms with E-state index in [2.05, 4.69) is 17.2 Å². The number of benzene rings is 2. The first-order valence-electron chi connectivity index (χ1n) is 6.52. The SMILES string of the molecule is Cc1cc(C)c(NC(=O)C#Cc2ccccc2)c(C)c1. The van der Waals surface area contributed by atoms with Crippen molar-refractivity contribution in [3.63, 3.8) is 0 Å². The van der Waals surface area contributed by atoms with Crippen LogP contribution in [0.4, 0.5) is 5.69 Å². The Bertz CT molecular complexity index is 667. The highest BCUT2D eigenvalue weighted by Crippen LogP contribution is 2.21. The zero-order chi connectivity index (χ0) is 14.5. The maximum Gasteiger partial charge on any atom is 0.300 e. The van der Waals surface area contributed by atoms with Crippen LogP contribution >= 0.6 is 0 Å². The lowest BCUT2D eigenvalue weighted by Gasteiger charge is -2.10. The molecule has 0 spiro atoms. The van der Waals surface area contributed by atoms with Crippen LogP contribution in [0.3, 0.4) is 0 Å². The van der Waals surface area contributed by atoms with Gasteiger partial charge in [-0.1, -0.05) is 41.8 Å². The lowest BCUT2D eigenvalue weighted by atomic mass is 10.1. The van der Waals surface area contributed by atoms with E-state index in [1.54, 1.807) is 0 Å². The molecule has 0 aliphatic rings. The van der Waals surface area contributed by atoms with Gasteiger partial charge in [0.25, 0.3) is 0 Å². The third-order valence-electron chi connectivity index (χ3n) is 3.01. The zero-order valence-corrected chi connectivity index (χ0v) is 11.9. The van der Waals surface area contributed by atoms with Crippen LogP contribution in [-0.4, -0.2) is 5.91 Å². The summed E-state index contributed by atoms with van der Waals surface area (Å²) in [7, 11) is 0. The fraction of sp³-hybridized carbons (Fsp3) is 0.167.